The lowest BCUT2D eigenvalue weighted by Crippen LogP contribution is -2.38. The molecule has 0 saturated carbocycles. The fourth-order valence-corrected chi connectivity index (χ4v) is 3.08. The Bertz CT molecular complexity index is 666. The van der Waals surface area contributed by atoms with E-state index < -0.39 is 0 Å². The number of carbonyl (C=O) groups is 1. The first-order valence-corrected chi connectivity index (χ1v) is 8.19. The fraction of sp³-hybridized carbons (Fsp3) is 0.615. The van der Waals surface area contributed by atoms with Gasteiger partial charge in [-0.1, -0.05) is 16.5 Å². The lowest BCUT2D eigenvalue weighted by molar-refractivity contribution is 0.0506. The van der Waals surface area contributed by atoms with Gasteiger partial charge in [0.1, 0.15) is 11.0 Å². The zero-order chi connectivity index (χ0) is 16.2. The van der Waals surface area contributed by atoms with Crippen molar-refractivity contribution in [3.05, 3.63) is 16.7 Å². The Kier molecular flexibility index (Phi) is 4.82. The summed E-state index contributed by atoms with van der Waals surface area (Å²) in [5, 5.41) is 18.4. The first kappa shape index (κ1) is 15.8. The summed E-state index contributed by atoms with van der Waals surface area (Å²) >= 11 is 1.31. The lowest BCUT2D eigenvalue weighted by atomic mass is 9.91. The summed E-state index contributed by atoms with van der Waals surface area (Å²) < 4.78 is 10.6. The molecule has 0 spiro atoms. The van der Waals surface area contributed by atoms with E-state index in [2.05, 4.69) is 31.0 Å². The minimum absolute atomic E-state index is 0.186. The highest BCUT2D eigenvalue weighted by atomic mass is 32.1. The molecule has 1 atom stereocenters. The van der Waals surface area contributed by atoms with Crippen LogP contribution in [0.4, 0.5) is 9.93 Å². The summed E-state index contributed by atoms with van der Waals surface area (Å²) in [6.07, 6.45) is 1.65. The Labute approximate surface area is 136 Å². The molecule has 10 heteroatoms. The van der Waals surface area contributed by atoms with E-state index in [1.807, 2.05) is 6.92 Å². The molecule has 3 rings (SSSR count). The molecular weight excluding hydrogens is 320 g/mol. The molecular formula is C13H18N6O3S. The second kappa shape index (κ2) is 7.01. The summed E-state index contributed by atoms with van der Waals surface area (Å²) in [4.78, 5) is 16.5. The molecule has 0 radical (unpaired) electrons. The van der Waals surface area contributed by atoms with Crippen LogP contribution in [0, 0.1) is 19.8 Å². The summed E-state index contributed by atoms with van der Waals surface area (Å²) in [6.45, 7) is 4.89. The Morgan fingerprint density at radius 1 is 1.30 bits per heavy atom. The van der Waals surface area contributed by atoms with Crippen LogP contribution >= 0.6 is 11.3 Å². The maximum Gasteiger partial charge on any atom is 0.321 e. The van der Waals surface area contributed by atoms with Crippen LogP contribution in [0.5, 0.6) is 0 Å². The van der Waals surface area contributed by atoms with Crippen LogP contribution in [0.15, 0.2) is 4.52 Å². The predicted molar refractivity (Wildman–Crippen MR) is 82.1 cm³/mol. The highest BCUT2D eigenvalue weighted by molar-refractivity contribution is 7.15. The van der Waals surface area contributed by atoms with Crippen molar-refractivity contribution in [3.8, 4) is 0 Å². The van der Waals surface area contributed by atoms with Crippen molar-refractivity contribution in [1.82, 2.24) is 25.7 Å². The summed E-state index contributed by atoms with van der Waals surface area (Å²) in [6, 6.07) is -0.720. The van der Waals surface area contributed by atoms with E-state index in [9.17, 15) is 4.79 Å². The third-order valence-corrected chi connectivity index (χ3v) is 4.33. The van der Waals surface area contributed by atoms with Crippen molar-refractivity contribution in [2.45, 2.75) is 32.7 Å². The predicted octanol–water partition coefficient (Wildman–Crippen LogP) is 1.83. The molecule has 1 aliphatic heterocycles. The number of nitrogens with zero attached hydrogens (tertiary/aromatic N) is 4. The molecule has 0 bridgehead atoms. The first-order chi connectivity index (χ1) is 11.1. The zero-order valence-corrected chi connectivity index (χ0v) is 13.7. The molecule has 1 aliphatic rings. The average molecular weight is 338 g/mol. The van der Waals surface area contributed by atoms with E-state index in [4.69, 9.17) is 9.26 Å². The van der Waals surface area contributed by atoms with Crippen molar-refractivity contribution < 1.29 is 14.1 Å². The SMILES string of the molecule is Cc1noc([C@H](NC(=O)Nc2nnc(C)s2)C2CCOCC2)n1. The molecule has 3 heterocycles. The van der Waals surface area contributed by atoms with Gasteiger partial charge in [-0.15, -0.1) is 10.2 Å². The van der Waals surface area contributed by atoms with E-state index in [-0.39, 0.29) is 18.0 Å². The van der Waals surface area contributed by atoms with Crippen molar-refractivity contribution in [2.24, 2.45) is 5.92 Å². The van der Waals surface area contributed by atoms with Gasteiger partial charge in [-0.05, 0) is 32.6 Å². The summed E-state index contributed by atoms with van der Waals surface area (Å²) in [5.41, 5.74) is 0. The number of aryl methyl sites for hydroxylation is 2. The average Bonchev–Trinajstić information content (AvgIpc) is 3.14. The minimum atomic E-state index is -0.367. The topological polar surface area (TPSA) is 115 Å². The third-order valence-electron chi connectivity index (χ3n) is 3.58. The van der Waals surface area contributed by atoms with Crippen molar-refractivity contribution >= 4 is 22.5 Å². The molecule has 1 saturated heterocycles. The van der Waals surface area contributed by atoms with Gasteiger partial charge in [0.05, 0.1) is 0 Å². The number of nitrogens with one attached hydrogen (secondary N) is 2. The molecule has 0 aromatic carbocycles. The van der Waals surface area contributed by atoms with E-state index in [0.29, 0.717) is 30.1 Å². The van der Waals surface area contributed by atoms with Crippen molar-refractivity contribution in [2.75, 3.05) is 18.5 Å². The maximum atomic E-state index is 12.3. The molecule has 2 amide bonds. The van der Waals surface area contributed by atoms with Gasteiger partial charge >= 0.3 is 6.03 Å². The fourth-order valence-electron chi connectivity index (χ4n) is 2.49. The van der Waals surface area contributed by atoms with E-state index in [0.717, 1.165) is 17.8 Å². The molecule has 0 unspecified atom stereocenters. The van der Waals surface area contributed by atoms with Gasteiger partial charge in [0.2, 0.25) is 11.0 Å². The van der Waals surface area contributed by atoms with Crippen LogP contribution < -0.4 is 10.6 Å². The van der Waals surface area contributed by atoms with E-state index in [1.54, 1.807) is 6.92 Å². The van der Waals surface area contributed by atoms with Gasteiger partial charge in [0.25, 0.3) is 0 Å². The highest BCUT2D eigenvalue weighted by Crippen LogP contribution is 2.29. The molecule has 1 fully saturated rings. The second-order valence-corrected chi connectivity index (χ2v) is 6.51. The van der Waals surface area contributed by atoms with Gasteiger partial charge in [0, 0.05) is 13.2 Å². The number of hydrogen-bond donors (Lipinski definition) is 2. The summed E-state index contributed by atoms with van der Waals surface area (Å²) in [7, 11) is 0. The van der Waals surface area contributed by atoms with Gasteiger partial charge in [-0.3, -0.25) is 5.32 Å². The third kappa shape index (κ3) is 4.02. The molecule has 2 aromatic rings. The van der Waals surface area contributed by atoms with Crippen LogP contribution in [-0.2, 0) is 4.74 Å². The largest absolute Gasteiger partial charge is 0.381 e. The van der Waals surface area contributed by atoms with Crippen molar-refractivity contribution in [3.63, 3.8) is 0 Å². The first-order valence-electron chi connectivity index (χ1n) is 7.37. The molecule has 0 aliphatic carbocycles. The number of ether oxygens (including phenoxy) is 1. The number of hydrogen-bond acceptors (Lipinski definition) is 8. The standard InChI is InChI=1S/C13H18N6O3S/c1-7-14-11(22-19-7)10(9-3-5-21-6-4-9)15-12(20)16-13-18-17-8(2)23-13/h9-10H,3-6H2,1-2H3,(H2,15,16,18,20)/t10-/m1/s1. The molecule has 9 nitrogen and oxygen atoms in total. The number of rotatable bonds is 4. The molecule has 124 valence electrons. The minimum Gasteiger partial charge on any atom is -0.381 e. The van der Waals surface area contributed by atoms with Gasteiger partial charge in [-0.2, -0.15) is 4.98 Å². The number of carbonyl (C=O) groups excluding carboxylic acids is 1. The lowest BCUT2D eigenvalue weighted by Gasteiger charge is -2.28. The Hall–Kier alpha value is -2.07. The highest BCUT2D eigenvalue weighted by Gasteiger charge is 2.31. The van der Waals surface area contributed by atoms with Gasteiger partial charge in [0.15, 0.2) is 5.82 Å². The maximum absolute atomic E-state index is 12.3. The quantitative estimate of drug-likeness (QED) is 0.873. The second-order valence-electron chi connectivity index (χ2n) is 5.33. The van der Waals surface area contributed by atoms with Crippen molar-refractivity contribution in [1.29, 1.82) is 0 Å². The Morgan fingerprint density at radius 2 is 2.09 bits per heavy atom. The van der Waals surface area contributed by atoms with E-state index in [1.165, 1.54) is 11.3 Å². The zero-order valence-electron chi connectivity index (χ0n) is 12.9. The number of amides is 2. The Morgan fingerprint density at radius 3 is 2.70 bits per heavy atom. The number of aromatic nitrogens is 4. The molecule has 2 N–H and O–H groups in total. The van der Waals surface area contributed by atoms with Crippen LogP contribution in [0.2, 0.25) is 0 Å². The number of urea groups is 1. The Balaban J connectivity index is 1.71. The normalized spacial score (nSPS) is 17.0. The van der Waals surface area contributed by atoms with Crippen LogP contribution in [0.1, 0.15) is 35.6 Å². The van der Waals surface area contributed by atoms with Gasteiger partial charge in [-0.25, -0.2) is 4.79 Å². The molecule has 2 aromatic heterocycles. The smallest absolute Gasteiger partial charge is 0.321 e. The van der Waals surface area contributed by atoms with Crippen LogP contribution in [0.25, 0.3) is 0 Å². The number of anilines is 1. The monoisotopic (exact) mass is 338 g/mol. The van der Waals surface area contributed by atoms with Crippen LogP contribution in [0.3, 0.4) is 0 Å². The summed E-state index contributed by atoms with van der Waals surface area (Å²) in [5.74, 6) is 1.14. The molecule has 23 heavy (non-hydrogen) atoms. The van der Waals surface area contributed by atoms with Gasteiger partial charge < -0.3 is 14.6 Å². The van der Waals surface area contributed by atoms with E-state index >= 15 is 0 Å². The van der Waals surface area contributed by atoms with Crippen LogP contribution in [-0.4, -0.2) is 39.6 Å².